The Balaban J connectivity index is 2.24. The molecular formula is C13H14BrN3O4. The third kappa shape index (κ3) is 3.79. The summed E-state index contributed by atoms with van der Waals surface area (Å²) < 4.78 is 7.71. The Kier molecular flexibility index (Phi) is 4.92. The average molecular weight is 356 g/mol. The van der Waals surface area contributed by atoms with Gasteiger partial charge in [0, 0.05) is 28.5 Å². The Bertz CT molecular complexity index is 629. The lowest BCUT2D eigenvalue weighted by Crippen LogP contribution is -2.11. The van der Waals surface area contributed by atoms with Crippen LogP contribution in [0.2, 0.25) is 0 Å². The first-order valence-electron chi connectivity index (χ1n) is 6.25. The predicted molar refractivity (Wildman–Crippen MR) is 79.2 cm³/mol. The highest BCUT2D eigenvalue weighted by atomic mass is 79.9. The molecule has 0 aliphatic heterocycles. The maximum atomic E-state index is 11.1. The zero-order valence-corrected chi connectivity index (χ0v) is 12.9. The smallest absolute Gasteiger partial charge is 0.312 e. The number of aromatic nitrogens is 2. The highest BCUT2D eigenvalue weighted by molar-refractivity contribution is 9.10. The van der Waals surface area contributed by atoms with Crippen LogP contribution in [0.5, 0.6) is 5.75 Å². The largest absolute Gasteiger partial charge is 0.485 e. The molecule has 1 unspecified atom stereocenters. The van der Waals surface area contributed by atoms with E-state index in [1.54, 1.807) is 29.2 Å². The summed E-state index contributed by atoms with van der Waals surface area (Å²) in [7, 11) is 0. The molecular weight excluding hydrogens is 342 g/mol. The van der Waals surface area contributed by atoms with Crippen LogP contribution in [0.4, 0.5) is 5.69 Å². The monoisotopic (exact) mass is 355 g/mol. The van der Waals surface area contributed by atoms with Crippen molar-refractivity contribution in [2.45, 2.75) is 19.6 Å². The van der Waals surface area contributed by atoms with Crippen molar-refractivity contribution in [3.63, 3.8) is 0 Å². The Morgan fingerprint density at radius 3 is 2.90 bits per heavy atom. The molecule has 1 atom stereocenters. The van der Waals surface area contributed by atoms with Gasteiger partial charge in [-0.2, -0.15) is 5.10 Å². The summed E-state index contributed by atoms with van der Waals surface area (Å²) in [6.07, 6.45) is 2.54. The van der Waals surface area contributed by atoms with Gasteiger partial charge in [-0.05, 0) is 19.1 Å². The summed E-state index contributed by atoms with van der Waals surface area (Å²) in [5, 5.41) is 24.9. The number of halogens is 1. The van der Waals surface area contributed by atoms with Crippen molar-refractivity contribution in [1.82, 2.24) is 9.78 Å². The quantitative estimate of drug-likeness (QED) is 0.635. The third-order valence-electron chi connectivity index (χ3n) is 2.84. The standard InChI is InChI=1S/C13H14BrN3O4/c1-9(18)11-7-10(14)8-12(17(19)20)13(11)21-6-5-16-4-2-3-15-16/h2-4,7-9,18H,5-6H2,1H3. The number of aliphatic hydroxyl groups is 1. The molecule has 21 heavy (non-hydrogen) atoms. The molecule has 0 spiro atoms. The van der Waals surface area contributed by atoms with E-state index in [2.05, 4.69) is 21.0 Å². The lowest BCUT2D eigenvalue weighted by atomic mass is 10.1. The molecule has 0 aliphatic rings. The van der Waals surface area contributed by atoms with Gasteiger partial charge in [0.2, 0.25) is 5.75 Å². The molecule has 1 heterocycles. The molecule has 0 fully saturated rings. The van der Waals surface area contributed by atoms with Gasteiger partial charge in [0.1, 0.15) is 6.61 Å². The molecule has 0 saturated carbocycles. The van der Waals surface area contributed by atoms with Gasteiger partial charge in [-0.15, -0.1) is 0 Å². The van der Waals surface area contributed by atoms with Crippen molar-refractivity contribution in [2.24, 2.45) is 0 Å². The number of ether oxygens (including phenoxy) is 1. The van der Waals surface area contributed by atoms with Crippen LogP contribution < -0.4 is 4.74 Å². The normalized spacial score (nSPS) is 12.1. The van der Waals surface area contributed by atoms with Crippen LogP contribution >= 0.6 is 15.9 Å². The van der Waals surface area contributed by atoms with E-state index < -0.39 is 11.0 Å². The van der Waals surface area contributed by atoms with Gasteiger partial charge in [0.25, 0.3) is 0 Å². The van der Waals surface area contributed by atoms with Gasteiger partial charge in [-0.25, -0.2) is 0 Å². The summed E-state index contributed by atoms with van der Waals surface area (Å²) in [6, 6.07) is 4.75. The summed E-state index contributed by atoms with van der Waals surface area (Å²) in [6.45, 7) is 2.20. The van der Waals surface area contributed by atoms with Crippen molar-refractivity contribution in [1.29, 1.82) is 0 Å². The van der Waals surface area contributed by atoms with Crippen molar-refractivity contribution >= 4 is 21.6 Å². The summed E-state index contributed by atoms with van der Waals surface area (Å²) in [5.74, 6) is 0.0883. The van der Waals surface area contributed by atoms with E-state index in [4.69, 9.17) is 4.74 Å². The van der Waals surface area contributed by atoms with E-state index in [0.29, 0.717) is 16.6 Å². The van der Waals surface area contributed by atoms with Gasteiger partial charge < -0.3 is 9.84 Å². The van der Waals surface area contributed by atoms with Gasteiger partial charge in [-0.1, -0.05) is 15.9 Å². The molecule has 2 rings (SSSR count). The fraction of sp³-hybridized carbons (Fsp3) is 0.308. The van der Waals surface area contributed by atoms with Gasteiger partial charge in [-0.3, -0.25) is 14.8 Å². The second-order valence-corrected chi connectivity index (χ2v) is 5.31. The highest BCUT2D eigenvalue weighted by Crippen LogP contribution is 2.37. The van der Waals surface area contributed by atoms with Crippen molar-refractivity contribution in [3.05, 3.63) is 50.7 Å². The van der Waals surface area contributed by atoms with Crippen LogP contribution in [0.1, 0.15) is 18.6 Å². The Labute approximate surface area is 129 Å². The molecule has 0 amide bonds. The lowest BCUT2D eigenvalue weighted by Gasteiger charge is -2.14. The Hall–Kier alpha value is -1.93. The number of aliphatic hydroxyl groups excluding tert-OH is 1. The molecule has 1 aromatic carbocycles. The number of rotatable bonds is 6. The Morgan fingerprint density at radius 2 is 2.33 bits per heavy atom. The van der Waals surface area contributed by atoms with Crippen LogP contribution in [0.15, 0.2) is 35.1 Å². The minimum absolute atomic E-state index is 0.0883. The van der Waals surface area contributed by atoms with Crippen molar-refractivity contribution in [2.75, 3.05) is 6.61 Å². The minimum Gasteiger partial charge on any atom is -0.485 e. The van der Waals surface area contributed by atoms with E-state index in [-0.39, 0.29) is 18.0 Å². The summed E-state index contributed by atoms with van der Waals surface area (Å²) in [4.78, 5) is 10.6. The van der Waals surface area contributed by atoms with Gasteiger partial charge in [0.15, 0.2) is 0 Å². The van der Waals surface area contributed by atoms with Crippen LogP contribution in [0, 0.1) is 10.1 Å². The SMILES string of the molecule is CC(O)c1cc(Br)cc([N+](=O)[O-])c1OCCn1cccn1. The molecule has 112 valence electrons. The first kappa shape index (κ1) is 15.5. The third-order valence-corrected chi connectivity index (χ3v) is 3.29. The number of benzene rings is 1. The minimum atomic E-state index is -0.874. The maximum Gasteiger partial charge on any atom is 0.312 e. The second kappa shape index (κ2) is 6.68. The topological polar surface area (TPSA) is 90.4 Å². The molecule has 0 radical (unpaired) electrons. The van der Waals surface area contributed by atoms with Gasteiger partial charge >= 0.3 is 5.69 Å². The molecule has 7 nitrogen and oxygen atoms in total. The number of nitro benzene ring substituents is 1. The van der Waals surface area contributed by atoms with E-state index in [1.165, 1.54) is 13.0 Å². The fourth-order valence-electron chi connectivity index (χ4n) is 1.88. The van der Waals surface area contributed by atoms with E-state index >= 15 is 0 Å². The fourth-order valence-corrected chi connectivity index (χ4v) is 2.34. The zero-order chi connectivity index (χ0) is 15.4. The van der Waals surface area contributed by atoms with Crippen LogP contribution in [-0.4, -0.2) is 26.4 Å². The summed E-state index contributed by atoms with van der Waals surface area (Å²) >= 11 is 3.20. The maximum absolute atomic E-state index is 11.1. The first-order valence-corrected chi connectivity index (χ1v) is 7.04. The molecule has 0 bridgehead atoms. The molecule has 1 aromatic heterocycles. The molecule has 0 aliphatic carbocycles. The molecule has 2 aromatic rings. The summed E-state index contributed by atoms with van der Waals surface area (Å²) in [5.41, 5.74) is 0.192. The Morgan fingerprint density at radius 1 is 1.57 bits per heavy atom. The van der Waals surface area contributed by atoms with Crippen LogP contribution in [0.3, 0.4) is 0 Å². The van der Waals surface area contributed by atoms with Crippen LogP contribution in [0.25, 0.3) is 0 Å². The van der Waals surface area contributed by atoms with Gasteiger partial charge in [0.05, 0.1) is 17.6 Å². The van der Waals surface area contributed by atoms with Crippen LogP contribution in [-0.2, 0) is 6.54 Å². The van der Waals surface area contributed by atoms with Crippen molar-refractivity contribution in [3.8, 4) is 5.75 Å². The van der Waals surface area contributed by atoms with E-state index in [9.17, 15) is 15.2 Å². The first-order chi connectivity index (χ1) is 9.99. The number of hydrogen-bond acceptors (Lipinski definition) is 5. The van der Waals surface area contributed by atoms with E-state index in [1.807, 2.05) is 0 Å². The van der Waals surface area contributed by atoms with Crippen molar-refractivity contribution < 1.29 is 14.8 Å². The second-order valence-electron chi connectivity index (χ2n) is 4.39. The molecule has 1 N–H and O–H groups in total. The lowest BCUT2D eigenvalue weighted by molar-refractivity contribution is -0.386. The zero-order valence-electron chi connectivity index (χ0n) is 11.3. The predicted octanol–water partition coefficient (Wildman–Crippen LogP) is 2.69. The van der Waals surface area contributed by atoms with E-state index in [0.717, 1.165) is 0 Å². The number of nitrogens with zero attached hydrogens (tertiary/aromatic N) is 3. The number of nitro groups is 1. The molecule has 0 saturated heterocycles. The number of hydrogen-bond donors (Lipinski definition) is 1. The molecule has 8 heteroatoms. The highest BCUT2D eigenvalue weighted by Gasteiger charge is 2.23. The average Bonchev–Trinajstić information content (AvgIpc) is 2.92.